The first-order valence-electron chi connectivity index (χ1n) is 5.84. The normalized spacial score (nSPS) is 12.4. The Labute approximate surface area is 125 Å². The van der Waals surface area contributed by atoms with Crippen molar-refractivity contribution in [3.63, 3.8) is 0 Å². The van der Waals surface area contributed by atoms with Crippen LogP contribution in [-0.2, 0) is 0 Å². The van der Waals surface area contributed by atoms with Crippen molar-refractivity contribution in [1.82, 2.24) is 0 Å². The van der Waals surface area contributed by atoms with Crippen LogP contribution >= 0.6 is 33.9 Å². The molecule has 2 aromatic rings. The Morgan fingerprint density at radius 1 is 1.39 bits per heavy atom. The molecule has 0 bridgehead atoms. The lowest BCUT2D eigenvalue weighted by molar-refractivity contribution is 0.335. The van der Waals surface area contributed by atoms with E-state index in [2.05, 4.69) is 53.1 Å². The topological polar surface area (TPSA) is 35.2 Å². The van der Waals surface area contributed by atoms with Gasteiger partial charge in [-0.3, -0.25) is 0 Å². The van der Waals surface area contributed by atoms with Crippen molar-refractivity contribution in [3.8, 4) is 5.75 Å². The zero-order valence-corrected chi connectivity index (χ0v) is 13.4. The van der Waals surface area contributed by atoms with Crippen molar-refractivity contribution in [3.05, 3.63) is 49.2 Å². The predicted molar refractivity (Wildman–Crippen MR) is 85.4 cm³/mol. The summed E-state index contributed by atoms with van der Waals surface area (Å²) in [6, 6.07) is 8.18. The number of hydrogen-bond acceptors (Lipinski definition) is 3. The van der Waals surface area contributed by atoms with Gasteiger partial charge >= 0.3 is 0 Å². The largest absolute Gasteiger partial charge is 0.494 e. The van der Waals surface area contributed by atoms with Gasteiger partial charge in [0.1, 0.15) is 5.75 Å². The lowest BCUT2D eigenvalue weighted by Crippen LogP contribution is -2.13. The fourth-order valence-corrected chi connectivity index (χ4v) is 3.27. The molecule has 1 aromatic carbocycles. The standard InChI is InChI=1S/C14H16INOS/c1-3-17-12-5-4-9(2)6-11(12)14(16)10-7-13(15)18-8-10/h4-8,14H,3,16H2,1-2H3. The summed E-state index contributed by atoms with van der Waals surface area (Å²) in [6.07, 6.45) is 0. The van der Waals surface area contributed by atoms with E-state index in [-0.39, 0.29) is 6.04 Å². The molecule has 18 heavy (non-hydrogen) atoms. The minimum atomic E-state index is -0.119. The molecule has 1 heterocycles. The summed E-state index contributed by atoms with van der Waals surface area (Å²) in [4.78, 5) is 0. The molecule has 2 nitrogen and oxygen atoms in total. The maximum atomic E-state index is 6.35. The van der Waals surface area contributed by atoms with Gasteiger partial charge in [0.2, 0.25) is 0 Å². The third kappa shape index (κ3) is 3.05. The first-order chi connectivity index (χ1) is 8.61. The molecule has 2 rings (SSSR count). The Morgan fingerprint density at radius 2 is 2.17 bits per heavy atom. The molecule has 0 saturated carbocycles. The van der Waals surface area contributed by atoms with Gasteiger partial charge < -0.3 is 10.5 Å². The molecule has 0 spiro atoms. The van der Waals surface area contributed by atoms with E-state index >= 15 is 0 Å². The van der Waals surface area contributed by atoms with E-state index in [9.17, 15) is 0 Å². The van der Waals surface area contributed by atoms with Crippen molar-refractivity contribution < 1.29 is 4.74 Å². The third-order valence-electron chi connectivity index (χ3n) is 2.75. The van der Waals surface area contributed by atoms with Gasteiger partial charge in [-0.05, 0) is 59.5 Å². The van der Waals surface area contributed by atoms with Crippen LogP contribution in [0.1, 0.15) is 29.7 Å². The summed E-state index contributed by atoms with van der Waals surface area (Å²) in [7, 11) is 0. The summed E-state index contributed by atoms with van der Waals surface area (Å²) in [6.45, 7) is 4.72. The average Bonchev–Trinajstić information content (AvgIpc) is 2.77. The van der Waals surface area contributed by atoms with Gasteiger partial charge in [-0.2, -0.15) is 0 Å². The van der Waals surface area contributed by atoms with Crippen LogP contribution in [0, 0.1) is 9.81 Å². The first kappa shape index (κ1) is 13.8. The average molecular weight is 373 g/mol. The Bertz CT molecular complexity index is 538. The molecule has 2 N–H and O–H groups in total. The van der Waals surface area contributed by atoms with Gasteiger partial charge in [0, 0.05) is 5.56 Å². The van der Waals surface area contributed by atoms with Gasteiger partial charge in [0.05, 0.1) is 15.5 Å². The fourth-order valence-electron chi connectivity index (χ4n) is 1.86. The SMILES string of the molecule is CCOc1ccc(C)cc1C(N)c1csc(I)c1. The molecule has 1 unspecified atom stereocenters. The molecule has 0 radical (unpaired) electrons. The number of thiophene rings is 1. The van der Waals surface area contributed by atoms with Gasteiger partial charge in [-0.1, -0.05) is 17.7 Å². The molecule has 1 atom stereocenters. The van der Waals surface area contributed by atoms with E-state index in [1.54, 1.807) is 11.3 Å². The predicted octanol–water partition coefficient (Wildman–Crippen LogP) is 4.11. The highest BCUT2D eigenvalue weighted by atomic mass is 127. The minimum Gasteiger partial charge on any atom is -0.494 e. The maximum Gasteiger partial charge on any atom is 0.124 e. The summed E-state index contributed by atoms with van der Waals surface area (Å²) >= 11 is 4.03. The lowest BCUT2D eigenvalue weighted by Gasteiger charge is -2.16. The molecule has 4 heteroatoms. The van der Waals surface area contributed by atoms with Crippen molar-refractivity contribution in [2.24, 2.45) is 5.73 Å². The number of halogens is 1. The number of benzene rings is 1. The van der Waals surface area contributed by atoms with Crippen molar-refractivity contribution >= 4 is 33.9 Å². The second-order valence-electron chi connectivity index (χ2n) is 4.14. The van der Waals surface area contributed by atoms with Crippen LogP contribution in [-0.4, -0.2) is 6.61 Å². The highest BCUT2D eigenvalue weighted by molar-refractivity contribution is 14.1. The van der Waals surface area contributed by atoms with Crippen molar-refractivity contribution in [2.75, 3.05) is 6.61 Å². The summed E-state index contributed by atoms with van der Waals surface area (Å²) < 4.78 is 6.92. The Morgan fingerprint density at radius 3 is 2.78 bits per heavy atom. The first-order valence-corrected chi connectivity index (χ1v) is 7.80. The molecule has 0 fully saturated rings. The number of rotatable bonds is 4. The van der Waals surface area contributed by atoms with E-state index in [1.807, 2.05) is 13.0 Å². The van der Waals surface area contributed by atoms with E-state index in [0.717, 1.165) is 16.9 Å². The zero-order valence-electron chi connectivity index (χ0n) is 10.4. The molecular formula is C14H16INOS. The second-order valence-corrected chi connectivity index (χ2v) is 6.94. The van der Waals surface area contributed by atoms with Crippen LogP contribution < -0.4 is 10.5 Å². The molecular weight excluding hydrogens is 357 g/mol. The van der Waals surface area contributed by atoms with Crippen LogP contribution in [0.15, 0.2) is 29.6 Å². The highest BCUT2D eigenvalue weighted by Crippen LogP contribution is 2.31. The van der Waals surface area contributed by atoms with Gasteiger partial charge in [-0.15, -0.1) is 11.3 Å². The minimum absolute atomic E-state index is 0.119. The van der Waals surface area contributed by atoms with Crippen LogP contribution in [0.3, 0.4) is 0 Å². The molecule has 1 aromatic heterocycles. The number of hydrogen-bond donors (Lipinski definition) is 1. The van der Waals surface area contributed by atoms with E-state index < -0.39 is 0 Å². The van der Waals surface area contributed by atoms with E-state index in [1.165, 1.54) is 8.45 Å². The fraction of sp³-hybridized carbons (Fsp3) is 0.286. The number of aryl methyl sites for hydroxylation is 1. The summed E-state index contributed by atoms with van der Waals surface area (Å²) in [5.41, 5.74) is 9.77. The molecule has 0 amide bonds. The monoisotopic (exact) mass is 373 g/mol. The van der Waals surface area contributed by atoms with Gasteiger partial charge in [0.25, 0.3) is 0 Å². The van der Waals surface area contributed by atoms with Crippen molar-refractivity contribution in [2.45, 2.75) is 19.9 Å². The highest BCUT2D eigenvalue weighted by Gasteiger charge is 2.15. The maximum absolute atomic E-state index is 6.35. The van der Waals surface area contributed by atoms with Gasteiger partial charge in [-0.25, -0.2) is 0 Å². The second kappa shape index (κ2) is 6.04. The number of ether oxygens (including phenoxy) is 1. The van der Waals surface area contributed by atoms with Crippen LogP contribution in [0.5, 0.6) is 5.75 Å². The quantitative estimate of drug-likeness (QED) is 0.819. The smallest absolute Gasteiger partial charge is 0.124 e. The third-order valence-corrected chi connectivity index (χ3v) is 4.55. The summed E-state index contributed by atoms with van der Waals surface area (Å²) in [5.74, 6) is 0.886. The molecule has 96 valence electrons. The molecule has 0 aliphatic heterocycles. The Balaban J connectivity index is 2.39. The zero-order chi connectivity index (χ0) is 13.1. The van der Waals surface area contributed by atoms with Crippen molar-refractivity contribution in [1.29, 1.82) is 0 Å². The van der Waals surface area contributed by atoms with Gasteiger partial charge in [0.15, 0.2) is 0 Å². The Hall–Kier alpha value is -0.590. The molecule has 0 saturated heterocycles. The summed E-state index contributed by atoms with van der Waals surface area (Å²) in [5, 5.41) is 2.12. The van der Waals surface area contributed by atoms with Crippen LogP contribution in [0.2, 0.25) is 0 Å². The molecule has 0 aliphatic carbocycles. The van der Waals surface area contributed by atoms with Crippen LogP contribution in [0.25, 0.3) is 0 Å². The molecule has 0 aliphatic rings. The van der Waals surface area contributed by atoms with E-state index in [4.69, 9.17) is 10.5 Å². The Kier molecular flexibility index (Phi) is 4.64. The number of nitrogens with two attached hydrogens (primary N) is 1. The lowest BCUT2D eigenvalue weighted by atomic mass is 9.99. The van der Waals surface area contributed by atoms with Crippen LogP contribution in [0.4, 0.5) is 0 Å². The van der Waals surface area contributed by atoms with E-state index in [0.29, 0.717) is 6.61 Å².